The Morgan fingerprint density at radius 2 is 1.95 bits per heavy atom. The van der Waals surface area contributed by atoms with Crippen LogP contribution in [-0.2, 0) is 6.18 Å². The number of hydrogen-bond acceptors (Lipinski definition) is 1. The van der Waals surface area contributed by atoms with Gasteiger partial charge in [-0.1, -0.05) is 12.5 Å². The number of fused-ring (bicyclic) bond motifs is 2. The lowest BCUT2D eigenvalue weighted by Crippen LogP contribution is -2.44. The number of benzene rings is 1. The van der Waals surface area contributed by atoms with E-state index >= 15 is 0 Å². The Morgan fingerprint density at radius 3 is 2.65 bits per heavy atom. The smallest absolute Gasteiger partial charge is 0.307 e. The Labute approximate surface area is 114 Å². The van der Waals surface area contributed by atoms with Crippen molar-refractivity contribution in [3.05, 3.63) is 41.2 Å². The normalized spacial score (nSPS) is 26.3. The van der Waals surface area contributed by atoms with Gasteiger partial charge in [-0.2, -0.15) is 13.2 Å². The van der Waals surface area contributed by atoms with Gasteiger partial charge >= 0.3 is 6.18 Å². The summed E-state index contributed by atoms with van der Waals surface area (Å²) in [5.41, 5.74) is -0.133. The average Bonchev–Trinajstić information content (AvgIpc) is 2.36. The summed E-state index contributed by atoms with van der Waals surface area (Å²) in [7, 11) is 0. The highest BCUT2D eigenvalue weighted by Crippen LogP contribution is 2.39. The van der Waals surface area contributed by atoms with E-state index in [2.05, 4.69) is 5.32 Å². The molecular weight excluding hydrogens is 270 g/mol. The molecule has 0 radical (unpaired) electrons. The summed E-state index contributed by atoms with van der Waals surface area (Å²) in [4.78, 5) is 0. The van der Waals surface area contributed by atoms with Crippen LogP contribution in [0.3, 0.4) is 0 Å². The fourth-order valence-electron chi connectivity index (χ4n) is 3.15. The number of piperidine rings is 1. The van der Waals surface area contributed by atoms with Gasteiger partial charge in [0.05, 0.1) is 5.56 Å². The minimum Gasteiger partial charge on any atom is -0.307 e. The third-order valence-corrected chi connectivity index (χ3v) is 4.02. The van der Waals surface area contributed by atoms with Crippen molar-refractivity contribution in [3.8, 4) is 0 Å². The van der Waals surface area contributed by atoms with Crippen LogP contribution in [0.25, 0.3) is 5.57 Å². The van der Waals surface area contributed by atoms with Crippen molar-refractivity contribution >= 4 is 5.57 Å². The molecule has 3 rings (SSSR count). The standard InChI is InChI=1S/C15H15F4N/c16-10-4-5-14(15(17,18)19)13(8-10)9-6-11-2-1-3-12(7-9)20-11/h4-6,8,11-12,20H,1-3,7H2. The van der Waals surface area contributed by atoms with E-state index in [-0.39, 0.29) is 17.6 Å². The van der Waals surface area contributed by atoms with Crippen molar-refractivity contribution in [2.45, 2.75) is 43.9 Å². The van der Waals surface area contributed by atoms with Gasteiger partial charge in [0.1, 0.15) is 5.82 Å². The first-order valence-electron chi connectivity index (χ1n) is 6.77. The Bertz CT molecular complexity index is 547. The van der Waals surface area contributed by atoms with Crippen molar-refractivity contribution in [1.82, 2.24) is 5.32 Å². The summed E-state index contributed by atoms with van der Waals surface area (Å²) in [6.07, 6.45) is 0.884. The van der Waals surface area contributed by atoms with Crippen LogP contribution in [-0.4, -0.2) is 12.1 Å². The number of halogens is 4. The number of rotatable bonds is 1. The number of nitrogens with one attached hydrogen (secondary N) is 1. The van der Waals surface area contributed by atoms with Gasteiger partial charge in [-0.05, 0) is 48.6 Å². The molecule has 1 fully saturated rings. The van der Waals surface area contributed by atoms with Gasteiger partial charge in [-0.3, -0.25) is 0 Å². The zero-order valence-electron chi connectivity index (χ0n) is 10.8. The van der Waals surface area contributed by atoms with Crippen molar-refractivity contribution in [2.24, 2.45) is 0 Å². The molecule has 2 bridgehead atoms. The van der Waals surface area contributed by atoms with Crippen LogP contribution < -0.4 is 5.32 Å². The van der Waals surface area contributed by atoms with Crippen LogP contribution in [0.1, 0.15) is 36.8 Å². The molecule has 0 aliphatic carbocycles. The quantitative estimate of drug-likeness (QED) is 0.765. The number of hydrogen-bond donors (Lipinski definition) is 1. The predicted molar refractivity (Wildman–Crippen MR) is 68.6 cm³/mol. The molecule has 2 heterocycles. The molecule has 2 aliphatic heterocycles. The van der Waals surface area contributed by atoms with Gasteiger partial charge in [0.25, 0.3) is 0 Å². The Morgan fingerprint density at radius 1 is 1.15 bits per heavy atom. The van der Waals surface area contributed by atoms with E-state index in [4.69, 9.17) is 0 Å². The summed E-state index contributed by atoms with van der Waals surface area (Å²) < 4.78 is 52.6. The predicted octanol–water partition coefficient (Wildman–Crippen LogP) is 4.14. The SMILES string of the molecule is Fc1ccc(C(F)(F)F)c(C2=CC3CCCC(C2)N3)c1. The zero-order valence-corrected chi connectivity index (χ0v) is 10.8. The van der Waals surface area contributed by atoms with Gasteiger partial charge < -0.3 is 5.32 Å². The average molecular weight is 285 g/mol. The molecule has 2 unspecified atom stereocenters. The minimum atomic E-state index is -4.45. The second-order valence-corrected chi connectivity index (χ2v) is 5.48. The molecule has 2 aliphatic rings. The highest BCUT2D eigenvalue weighted by molar-refractivity contribution is 5.71. The first kappa shape index (κ1) is 13.6. The summed E-state index contributed by atoms with van der Waals surface area (Å²) in [6, 6.07) is 3.04. The number of alkyl halides is 3. The monoisotopic (exact) mass is 285 g/mol. The van der Waals surface area contributed by atoms with E-state index in [9.17, 15) is 17.6 Å². The van der Waals surface area contributed by atoms with E-state index in [1.807, 2.05) is 6.08 Å². The van der Waals surface area contributed by atoms with Crippen LogP contribution in [0.15, 0.2) is 24.3 Å². The van der Waals surface area contributed by atoms with Crippen molar-refractivity contribution in [1.29, 1.82) is 0 Å². The minimum absolute atomic E-state index is 0.00380. The van der Waals surface area contributed by atoms with Crippen LogP contribution in [0.2, 0.25) is 0 Å². The van der Waals surface area contributed by atoms with Gasteiger partial charge in [-0.15, -0.1) is 0 Å². The maximum Gasteiger partial charge on any atom is 0.416 e. The van der Waals surface area contributed by atoms with Crippen molar-refractivity contribution in [3.63, 3.8) is 0 Å². The van der Waals surface area contributed by atoms with Gasteiger partial charge in [0.15, 0.2) is 0 Å². The van der Waals surface area contributed by atoms with Crippen LogP contribution in [0.5, 0.6) is 0 Å². The fourth-order valence-corrected chi connectivity index (χ4v) is 3.15. The van der Waals surface area contributed by atoms with E-state index in [0.29, 0.717) is 12.0 Å². The van der Waals surface area contributed by atoms with E-state index < -0.39 is 17.6 Å². The molecule has 5 heteroatoms. The molecule has 20 heavy (non-hydrogen) atoms. The van der Waals surface area contributed by atoms with Crippen molar-refractivity contribution in [2.75, 3.05) is 0 Å². The molecule has 0 aromatic heterocycles. The molecule has 0 saturated carbocycles. The summed E-state index contributed by atoms with van der Waals surface area (Å²) in [5, 5.41) is 3.37. The Hall–Kier alpha value is -1.36. The van der Waals surface area contributed by atoms with E-state index in [0.717, 1.165) is 37.5 Å². The topological polar surface area (TPSA) is 12.0 Å². The largest absolute Gasteiger partial charge is 0.416 e. The molecule has 2 atom stereocenters. The van der Waals surface area contributed by atoms with Gasteiger partial charge in [-0.25, -0.2) is 4.39 Å². The lowest BCUT2D eigenvalue weighted by Gasteiger charge is -2.35. The summed E-state index contributed by atoms with van der Waals surface area (Å²) >= 11 is 0. The first-order valence-corrected chi connectivity index (χ1v) is 6.77. The lowest BCUT2D eigenvalue weighted by atomic mass is 9.83. The van der Waals surface area contributed by atoms with Crippen LogP contribution in [0, 0.1) is 5.82 Å². The van der Waals surface area contributed by atoms with Crippen LogP contribution in [0.4, 0.5) is 17.6 Å². The second kappa shape index (κ2) is 4.88. The molecule has 1 nitrogen and oxygen atoms in total. The molecule has 0 spiro atoms. The Kier molecular flexibility index (Phi) is 3.32. The summed E-state index contributed by atoms with van der Waals surface area (Å²) in [5.74, 6) is -0.627. The highest BCUT2D eigenvalue weighted by Gasteiger charge is 2.36. The first-order chi connectivity index (χ1) is 9.43. The van der Waals surface area contributed by atoms with Crippen molar-refractivity contribution < 1.29 is 17.6 Å². The molecule has 0 amide bonds. The lowest BCUT2D eigenvalue weighted by molar-refractivity contribution is -0.137. The second-order valence-electron chi connectivity index (χ2n) is 5.48. The molecule has 1 aromatic carbocycles. The molecule has 1 N–H and O–H groups in total. The maximum atomic E-state index is 13.4. The zero-order chi connectivity index (χ0) is 14.3. The van der Waals surface area contributed by atoms with Crippen LogP contribution >= 0.6 is 0 Å². The fraction of sp³-hybridized carbons (Fsp3) is 0.467. The maximum absolute atomic E-state index is 13.4. The van der Waals surface area contributed by atoms with Gasteiger partial charge in [0.2, 0.25) is 0 Å². The van der Waals surface area contributed by atoms with Gasteiger partial charge in [0, 0.05) is 12.1 Å². The summed E-state index contributed by atoms with van der Waals surface area (Å²) in [6.45, 7) is 0. The highest BCUT2D eigenvalue weighted by atomic mass is 19.4. The molecule has 1 aromatic rings. The third-order valence-electron chi connectivity index (χ3n) is 4.02. The van der Waals surface area contributed by atoms with E-state index in [1.165, 1.54) is 0 Å². The molecule has 108 valence electrons. The molecular formula is C15H15F4N. The Balaban J connectivity index is 2.05. The van der Waals surface area contributed by atoms with E-state index in [1.54, 1.807) is 0 Å². The third kappa shape index (κ3) is 2.59. The molecule has 1 saturated heterocycles.